The first kappa shape index (κ1) is 20.8. The number of nitro benzene ring substituents is 1. The molecule has 0 bridgehead atoms. The minimum Gasteiger partial charge on any atom is -0.336 e. The van der Waals surface area contributed by atoms with Crippen LogP contribution in [0.4, 0.5) is 14.5 Å². The molecular weight excluding hydrogens is 408 g/mol. The second-order valence-corrected chi connectivity index (χ2v) is 8.47. The molecule has 1 aliphatic heterocycles. The van der Waals surface area contributed by atoms with Gasteiger partial charge in [0.15, 0.2) is 11.6 Å². The molecule has 0 unspecified atom stereocenters. The van der Waals surface area contributed by atoms with Crippen LogP contribution in [-0.2, 0) is 10.0 Å². The number of nitrogens with zero attached hydrogens (tertiary/aromatic N) is 3. The first-order chi connectivity index (χ1) is 13.6. The fraction of sp³-hybridized carbons (Fsp3) is 0.278. The number of rotatable bonds is 4. The molecule has 1 heterocycles. The highest BCUT2D eigenvalue weighted by Gasteiger charge is 2.31. The summed E-state index contributed by atoms with van der Waals surface area (Å²) in [5.41, 5.74) is 0.392. The molecule has 0 atom stereocenters. The summed E-state index contributed by atoms with van der Waals surface area (Å²) < 4.78 is 52.8. The van der Waals surface area contributed by atoms with Crippen LogP contribution in [-0.4, -0.2) is 54.6 Å². The third-order valence-corrected chi connectivity index (χ3v) is 6.60. The number of piperazine rings is 1. The van der Waals surface area contributed by atoms with Crippen molar-refractivity contribution in [2.45, 2.75) is 11.8 Å². The predicted octanol–water partition coefficient (Wildman–Crippen LogP) is 2.33. The standard InChI is InChI=1S/C18H17F2N3O5S/c1-12-2-3-13(10-17(12)23(25)26)18(24)21-6-8-22(9-7-21)29(27,28)14-4-5-15(19)16(20)11-14/h2-5,10-11H,6-9H2,1H3. The second kappa shape index (κ2) is 7.84. The topological polar surface area (TPSA) is 101 Å². The summed E-state index contributed by atoms with van der Waals surface area (Å²) in [4.78, 5) is 24.2. The number of hydrogen-bond donors (Lipinski definition) is 0. The number of amides is 1. The molecule has 3 rings (SSSR count). The molecule has 0 radical (unpaired) electrons. The Morgan fingerprint density at radius 2 is 1.69 bits per heavy atom. The van der Waals surface area contributed by atoms with E-state index in [0.29, 0.717) is 11.6 Å². The number of nitro groups is 1. The fourth-order valence-electron chi connectivity index (χ4n) is 3.04. The number of benzene rings is 2. The van der Waals surface area contributed by atoms with Gasteiger partial charge < -0.3 is 4.90 Å². The minimum absolute atomic E-state index is 0.0407. The van der Waals surface area contributed by atoms with Crippen LogP contribution in [0.15, 0.2) is 41.3 Å². The molecule has 2 aromatic rings. The Labute approximate surface area is 165 Å². The summed E-state index contributed by atoms with van der Waals surface area (Å²) in [6.07, 6.45) is 0. The molecule has 0 spiro atoms. The van der Waals surface area contributed by atoms with E-state index in [4.69, 9.17) is 0 Å². The number of carbonyl (C=O) groups is 1. The van der Waals surface area contributed by atoms with Gasteiger partial charge >= 0.3 is 0 Å². The quantitative estimate of drug-likeness (QED) is 0.553. The lowest BCUT2D eigenvalue weighted by Gasteiger charge is -2.34. The summed E-state index contributed by atoms with van der Waals surface area (Å²) in [5.74, 6) is -2.86. The van der Waals surface area contributed by atoms with Crippen LogP contribution in [0.5, 0.6) is 0 Å². The molecule has 1 fully saturated rings. The van der Waals surface area contributed by atoms with Crippen molar-refractivity contribution >= 4 is 21.6 Å². The van der Waals surface area contributed by atoms with Crippen molar-refractivity contribution in [2.24, 2.45) is 0 Å². The number of carbonyl (C=O) groups excluding carboxylic acids is 1. The van der Waals surface area contributed by atoms with Gasteiger partial charge in [-0.1, -0.05) is 6.07 Å². The summed E-state index contributed by atoms with van der Waals surface area (Å²) in [6.45, 7) is 1.60. The van der Waals surface area contributed by atoms with Gasteiger partial charge in [-0.2, -0.15) is 4.31 Å². The normalized spacial score (nSPS) is 15.3. The highest BCUT2D eigenvalue weighted by Crippen LogP contribution is 2.23. The van der Waals surface area contributed by atoms with Gasteiger partial charge in [0, 0.05) is 43.4 Å². The smallest absolute Gasteiger partial charge is 0.273 e. The maximum atomic E-state index is 13.4. The van der Waals surface area contributed by atoms with E-state index in [2.05, 4.69) is 0 Å². The summed E-state index contributed by atoms with van der Waals surface area (Å²) in [6, 6.07) is 6.50. The van der Waals surface area contributed by atoms with E-state index in [1.807, 2.05) is 0 Å². The molecule has 1 aliphatic rings. The zero-order valence-corrected chi connectivity index (χ0v) is 16.2. The van der Waals surface area contributed by atoms with Crippen molar-refractivity contribution in [3.63, 3.8) is 0 Å². The monoisotopic (exact) mass is 425 g/mol. The maximum absolute atomic E-state index is 13.4. The van der Waals surface area contributed by atoms with E-state index in [1.165, 1.54) is 23.1 Å². The number of hydrogen-bond acceptors (Lipinski definition) is 5. The lowest BCUT2D eigenvalue weighted by Crippen LogP contribution is -2.50. The summed E-state index contributed by atoms with van der Waals surface area (Å²) in [7, 11) is -4.04. The highest BCUT2D eigenvalue weighted by atomic mass is 32.2. The van der Waals surface area contributed by atoms with Gasteiger partial charge in [0.1, 0.15) is 0 Å². The van der Waals surface area contributed by atoms with E-state index in [1.54, 1.807) is 6.92 Å². The molecule has 0 N–H and O–H groups in total. The third kappa shape index (κ3) is 4.10. The molecule has 1 saturated heterocycles. The maximum Gasteiger partial charge on any atom is 0.273 e. The van der Waals surface area contributed by atoms with E-state index >= 15 is 0 Å². The second-order valence-electron chi connectivity index (χ2n) is 6.53. The SMILES string of the molecule is Cc1ccc(C(=O)N2CCN(S(=O)(=O)c3ccc(F)c(F)c3)CC2)cc1[N+](=O)[O-]. The van der Waals surface area contributed by atoms with Crippen LogP contribution in [0.25, 0.3) is 0 Å². The van der Waals surface area contributed by atoms with Crippen molar-refractivity contribution < 1.29 is 26.9 Å². The summed E-state index contributed by atoms with van der Waals surface area (Å²) >= 11 is 0. The Morgan fingerprint density at radius 1 is 1.03 bits per heavy atom. The number of sulfonamides is 1. The average molecular weight is 425 g/mol. The Balaban J connectivity index is 1.73. The van der Waals surface area contributed by atoms with Crippen molar-refractivity contribution in [1.29, 1.82) is 0 Å². The molecule has 0 saturated carbocycles. The van der Waals surface area contributed by atoms with Crippen molar-refractivity contribution in [2.75, 3.05) is 26.2 Å². The van der Waals surface area contributed by atoms with E-state index < -0.39 is 32.5 Å². The molecule has 29 heavy (non-hydrogen) atoms. The van der Waals surface area contributed by atoms with E-state index in [0.717, 1.165) is 16.4 Å². The van der Waals surface area contributed by atoms with Gasteiger partial charge in [-0.25, -0.2) is 17.2 Å². The highest BCUT2D eigenvalue weighted by molar-refractivity contribution is 7.89. The van der Waals surface area contributed by atoms with Gasteiger partial charge in [0.2, 0.25) is 10.0 Å². The van der Waals surface area contributed by atoms with Gasteiger partial charge in [-0.3, -0.25) is 14.9 Å². The average Bonchev–Trinajstić information content (AvgIpc) is 2.69. The molecule has 154 valence electrons. The van der Waals surface area contributed by atoms with Gasteiger partial charge in [0.05, 0.1) is 9.82 Å². The Hall–Kier alpha value is -2.92. The third-order valence-electron chi connectivity index (χ3n) is 4.71. The van der Waals surface area contributed by atoms with Crippen molar-refractivity contribution in [1.82, 2.24) is 9.21 Å². The number of aryl methyl sites for hydroxylation is 1. The molecule has 1 amide bonds. The zero-order chi connectivity index (χ0) is 21.3. The van der Waals surface area contributed by atoms with Gasteiger partial charge in [0.25, 0.3) is 11.6 Å². The molecule has 11 heteroatoms. The van der Waals surface area contributed by atoms with Crippen LogP contribution in [0, 0.1) is 28.7 Å². The van der Waals surface area contributed by atoms with Gasteiger partial charge in [-0.05, 0) is 31.2 Å². The molecule has 8 nitrogen and oxygen atoms in total. The lowest BCUT2D eigenvalue weighted by atomic mass is 10.1. The van der Waals surface area contributed by atoms with Crippen molar-refractivity contribution in [3.8, 4) is 0 Å². The van der Waals surface area contributed by atoms with Crippen LogP contribution in [0.3, 0.4) is 0 Å². The minimum atomic E-state index is -4.04. The first-order valence-electron chi connectivity index (χ1n) is 8.61. The Bertz CT molecular complexity index is 1080. The molecule has 2 aromatic carbocycles. The van der Waals surface area contributed by atoms with Crippen LogP contribution < -0.4 is 0 Å². The Kier molecular flexibility index (Phi) is 5.62. The molecule has 0 aliphatic carbocycles. The molecular formula is C18H17F2N3O5S. The van der Waals surface area contributed by atoms with E-state index in [-0.39, 0.29) is 42.3 Å². The summed E-state index contributed by atoms with van der Waals surface area (Å²) in [5, 5.41) is 11.1. The fourth-order valence-corrected chi connectivity index (χ4v) is 4.47. The molecule has 0 aromatic heterocycles. The van der Waals surface area contributed by atoms with Crippen LogP contribution in [0.1, 0.15) is 15.9 Å². The largest absolute Gasteiger partial charge is 0.336 e. The first-order valence-corrected chi connectivity index (χ1v) is 10.0. The van der Waals surface area contributed by atoms with Gasteiger partial charge in [-0.15, -0.1) is 0 Å². The van der Waals surface area contributed by atoms with Crippen molar-refractivity contribution in [3.05, 3.63) is 69.3 Å². The van der Waals surface area contributed by atoms with Crippen LogP contribution >= 0.6 is 0 Å². The number of halogens is 2. The predicted molar refractivity (Wildman–Crippen MR) is 98.9 cm³/mol. The lowest BCUT2D eigenvalue weighted by molar-refractivity contribution is -0.385. The van der Waals surface area contributed by atoms with E-state index in [9.17, 15) is 32.1 Å². The zero-order valence-electron chi connectivity index (χ0n) is 15.3. The Morgan fingerprint density at radius 3 is 2.28 bits per heavy atom. The van der Waals surface area contributed by atoms with Crippen LogP contribution in [0.2, 0.25) is 0 Å².